The van der Waals surface area contributed by atoms with Gasteiger partial charge in [0, 0.05) is 12.2 Å². The summed E-state index contributed by atoms with van der Waals surface area (Å²) in [5.74, 6) is -0.111. The van der Waals surface area contributed by atoms with Crippen LogP contribution in [0.5, 0.6) is 0 Å². The lowest BCUT2D eigenvalue weighted by molar-refractivity contribution is -0.126. The van der Waals surface area contributed by atoms with Crippen LogP contribution < -0.4 is 11.1 Å². The number of halogens is 2. The highest BCUT2D eigenvalue weighted by atomic mass is 35.5. The quantitative estimate of drug-likeness (QED) is 0.829. The van der Waals surface area contributed by atoms with Crippen molar-refractivity contribution in [1.82, 2.24) is 14.8 Å². The lowest BCUT2D eigenvalue weighted by atomic mass is 10.1. The van der Waals surface area contributed by atoms with E-state index in [1.807, 2.05) is 24.3 Å². The van der Waals surface area contributed by atoms with Crippen LogP contribution in [0.1, 0.15) is 18.4 Å². The van der Waals surface area contributed by atoms with Crippen molar-refractivity contribution in [3.05, 3.63) is 42.5 Å². The van der Waals surface area contributed by atoms with Crippen molar-refractivity contribution in [1.29, 1.82) is 0 Å². The Morgan fingerprint density at radius 1 is 1.29 bits per heavy atom. The molecule has 1 aliphatic rings. The molecule has 3 rings (SSSR count). The number of carbonyl (C=O) groups is 1. The first-order chi connectivity index (χ1) is 10.7. The van der Waals surface area contributed by atoms with Crippen molar-refractivity contribution < 1.29 is 9.53 Å². The minimum absolute atomic E-state index is 0. The molecule has 1 fully saturated rings. The standard InChI is InChI=1S/C15H19N5O2.2ClH/c16-7-13-5-6-14(22-13)15(21)19-12-3-1-11(2-4-12)8-20-10-17-9-18-20;;/h1-4,9-10,13-14H,5-8,16H2,(H,19,21);2*1H/t13-,14+;;/m1../s1. The Bertz CT molecular complexity index is 621. The molecule has 3 N–H and O–H groups in total. The summed E-state index contributed by atoms with van der Waals surface area (Å²) in [6.07, 6.45) is 4.33. The van der Waals surface area contributed by atoms with E-state index in [1.165, 1.54) is 6.33 Å². The second kappa shape index (κ2) is 9.58. The van der Waals surface area contributed by atoms with E-state index in [4.69, 9.17) is 10.5 Å². The average molecular weight is 374 g/mol. The van der Waals surface area contributed by atoms with Gasteiger partial charge >= 0.3 is 0 Å². The topological polar surface area (TPSA) is 95.1 Å². The van der Waals surface area contributed by atoms with E-state index in [-0.39, 0.29) is 36.8 Å². The van der Waals surface area contributed by atoms with Crippen LogP contribution in [0.15, 0.2) is 36.9 Å². The Morgan fingerprint density at radius 2 is 2.04 bits per heavy atom. The van der Waals surface area contributed by atoms with E-state index in [2.05, 4.69) is 15.4 Å². The number of nitrogens with zero attached hydrogens (tertiary/aromatic N) is 3. The Kier molecular flexibility index (Phi) is 8.14. The molecule has 1 aromatic heterocycles. The number of anilines is 1. The van der Waals surface area contributed by atoms with Gasteiger partial charge in [0.05, 0.1) is 12.6 Å². The maximum Gasteiger partial charge on any atom is 0.253 e. The van der Waals surface area contributed by atoms with E-state index < -0.39 is 6.10 Å². The molecule has 24 heavy (non-hydrogen) atoms. The van der Waals surface area contributed by atoms with Crippen LogP contribution in [0.25, 0.3) is 0 Å². The SMILES string of the molecule is Cl.Cl.NC[C@H]1CC[C@@H](C(=O)Nc2ccc(Cn3cncn3)cc2)O1. The zero-order valence-electron chi connectivity index (χ0n) is 13.0. The van der Waals surface area contributed by atoms with Crippen LogP contribution in [-0.4, -0.2) is 39.4 Å². The van der Waals surface area contributed by atoms with Crippen molar-refractivity contribution in [2.75, 3.05) is 11.9 Å². The van der Waals surface area contributed by atoms with Crippen LogP contribution in [0, 0.1) is 0 Å². The predicted octanol–water partition coefficient (Wildman–Crippen LogP) is 1.61. The maximum absolute atomic E-state index is 12.1. The summed E-state index contributed by atoms with van der Waals surface area (Å²) in [7, 11) is 0. The molecular formula is C15H21Cl2N5O2. The Balaban J connectivity index is 0.00000144. The summed E-state index contributed by atoms with van der Waals surface area (Å²) >= 11 is 0. The predicted molar refractivity (Wildman–Crippen MR) is 95.6 cm³/mol. The van der Waals surface area contributed by atoms with Gasteiger partial charge in [-0.05, 0) is 30.5 Å². The lowest BCUT2D eigenvalue weighted by Gasteiger charge is -2.13. The van der Waals surface area contributed by atoms with Gasteiger partial charge in [0.25, 0.3) is 5.91 Å². The number of ether oxygens (including phenoxy) is 1. The fourth-order valence-corrected chi connectivity index (χ4v) is 2.49. The smallest absolute Gasteiger partial charge is 0.253 e. The minimum Gasteiger partial charge on any atom is -0.364 e. The molecule has 0 aliphatic carbocycles. The van der Waals surface area contributed by atoms with Gasteiger partial charge in [0.2, 0.25) is 0 Å². The summed E-state index contributed by atoms with van der Waals surface area (Å²) in [5.41, 5.74) is 7.40. The molecule has 2 atom stereocenters. The third-order valence-electron chi connectivity index (χ3n) is 3.70. The van der Waals surface area contributed by atoms with Crippen LogP contribution in [0.2, 0.25) is 0 Å². The average Bonchev–Trinajstić information content (AvgIpc) is 3.20. The zero-order chi connectivity index (χ0) is 15.4. The number of hydrogen-bond donors (Lipinski definition) is 2. The molecule has 0 spiro atoms. The van der Waals surface area contributed by atoms with Crippen LogP contribution in [0.3, 0.4) is 0 Å². The van der Waals surface area contributed by atoms with Crippen LogP contribution in [0.4, 0.5) is 5.69 Å². The van der Waals surface area contributed by atoms with Gasteiger partial charge in [0.15, 0.2) is 0 Å². The number of carbonyl (C=O) groups excluding carboxylic acids is 1. The maximum atomic E-state index is 12.1. The number of nitrogens with two attached hydrogens (primary N) is 1. The van der Waals surface area contributed by atoms with E-state index >= 15 is 0 Å². The normalized spacial score (nSPS) is 19.2. The number of amides is 1. The molecule has 7 nitrogen and oxygen atoms in total. The lowest BCUT2D eigenvalue weighted by Crippen LogP contribution is -2.29. The number of hydrogen-bond acceptors (Lipinski definition) is 5. The summed E-state index contributed by atoms with van der Waals surface area (Å²) in [6.45, 7) is 1.11. The molecule has 2 aromatic rings. The number of benzene rings is 1. The molecule has 0 saturated carbocycles. The third-order valence-corrected chi connectivity index (χ3v) is 3.70. The van der Waals surface area contributed by atoms with Gasteiger partial charge < -0.3 is 15.8 Å². The monoisotopic (exact) mass is 373 g/mol. The Morgan fingerprint density at radius 3 is 2.62 bits per heavy atom. The highest BCUT2D eigenvalue weighted by Gasteiger charge is 2.29. The molecule has 2 heterocycles. The van der Waals surface area contributed by atoms with E-state index in [9.17, 15) is 4.79 Å². The first kappa shape index (κ1) is 20.4. The zero-order valence-corrected chi connectivity index (χ0v) is 14.6. The molecule has 1 aliphatic heterocycles. The van der Waals surface area contributed by atoms with Crippen molar-refractivity contribution in [2.24, 2.45) is 5.73 Å². The highest BCUT2D eigenvalue weighted by Crippen LogP contribution is 2.20. The van der Waals surface area contributed by atoms with E-state index in [1.54, 1.807) is 11.0 Å². The molecule has 0 bridgehead atoms. The first-order valence-electron chi connectivity index (χ1n) is 7.32. The third kappa shape index (κ3) is 5.17. The number of nitrogens with one attached hydrogen (secondary N) is 1. The van der Waals surface area contributed by atoms with E-state index in [0.29, 0.717) is 13.1 Å². The highest BCUT2D eigenvalue weighted by molar-refractivity contribution is 5.94. The largest absolute Gasteiger partial charge is 0.364 e. The molecule has 132 valence electrons. The van der Waals surface area contributed by atoms with Gasteiger partial charge in [-0.2, -0.15) is 5.10 Å². The summed E-state index contributed by atoms with van der Waals surface area (Å²) in [4.78, 5) is 16.0. The van der Waals surface area contributed by atoms with E-state index in [0.717, 1.165) is 24.1 Å². The summed E-state index contributed by atoms with van der Waals surface area (Å²) in [5, 5.41) is 6.93. The molecular weight excluding hydrogens is 353 g/mol. The summed E-state index contributed by atoms with van der Waals surface area (Å²) in [6, 6.07) is 7.66. The van der Waals surface area contributed by atoms with Crippen LogP contribution in [-0.2, 0) is 16.1 Å². The molecule has 0 unspecified atom stereocenters. The second-order valence-electron chi connectivity index (χ2n) is 5.34. The number of aromatic nitrogens is 3. The first-order valence-corrected chi connectivity index (χ1v) is 7.32. The molecule has 1 aromatic carbocycles. The van der Waals surface area contributed by atoms with Gasteiger partial charge in [-0.25, -0.2) is 9.67 Å². The van der Waals surface area contributed by atoms with Gasteiger partial charge in [-0.1, -0.05) is 12.1 Å². The molecule has 9 heteroatoms. The fraction of sp³-hybridized carbons (Fsp3) is 0.400. The van der Waals surface area contributed by atoms with Crippen molar-refractivity contribution in [3.8, 4) is 0 Å². The van der Waals surface area contributed by atoms with Crippen LogP contribution >= 0.6 is 24.8 Å². The van der Waals surface area contributed by atoms with Crippen molar-refractivity contribution in [3.63, 3.8) is 0 Å². The van der Waals surface area contributed by atoms with Crippen molar-refractivity contribution >= 4 is 36.4 Å². The van der Waals surface area contributed by atoms with Gasteiger partial charge in [-0.3, -0.25) is 4.79 Å². The Hall–Kier alpha value is -1.67. The second-order valence-corrected chi connectivity index (χ2v) is 5.34. The minimum atomic E-state index is -0.400. The van der Waals surface area contributed by atoms with Gasteiger partial charge in [-0.15, -0.1) is 24.8 Å². The number of rotatable bonds is 5. The summed E-state index contributed by atoms with van der Waals surface area (Å²) < 4.78 is 7.33. The fourth-order valence-electron chi connectivity index (χ4n) is 2.49. The molecule has 1 amide bonds. The molecule has 0 radical (unpaired) electrons. The van der Waals surface area contributed by atoms with Crippen molar-refractivity contribution in [2.45, 2.75) is 31.6 Å². The molecule has 1 saturated heterocycles. The van der Waals surface area contributed by atoms with Gasteiger partial charge in [0.1, 0.15) is 18.8 Å². The Labute approximate surface area is 152 Å².